The fourth-order valence-corrected chi connectivity index (χ4v) is 3.68. The van der Waals surface area contributed by atoms with E-state index in [0.29, 0.717) is 12.5 Å². The normalized spacial score (nSPS) is 20.9. The third-order valence-corrected chi connectivity index (χ3v) is 5.16. The van der Waals surface area contributed by atoms with Crippen molar-refractivity contribution in [2.45, 2.75) is 32.7 Å². The first-order valence-electron chi connectivity index (χ1n) is 8.40. The molecule has 0 aliphatic carbocycles. The van der Waals surface area contributed by atoms with Gasteiger partial charge in [-0.25, -0.2) is 4.79 Å². The molecule has 1 aliphatic heterocycles. The number of aryl methyl sites for hydroxylation is 1. The number of carbonyl (C=O) groups is 1. The summed E-state index contributed by atoms with van der Waals surface area (Å²) >= 11 is 0. The van der Waals surface area contributed by atoms with Crippen LogP contribution in [0.5, 0.6) is 0 Å². The zero-order valence-electron chi connectivity index (χ0n) is 14.6. The van der Waals surface area contributed by atoms with Crippen LogP contribution < -0.4 is 0 Å². The van der Waals surface area contributed by atoms with Crippen molar-refractivity contribution in [2.24, 2.45) is 12.5 Å². The van der Waals surface area contributed by atoms with Crippen LogP contribution in [0.3, 0.4) is 0 Å². The molecule has 1 aliphatic rings. The van der Waals surface area contributed by atoms with Gasteiger partial charge in [-0.05, 0) is 23.9 Å². The zero-order valence-corrected chi connectivity index (χ0v) is 14.6. The van der Waals surface area contributed by atoms with Crippen molar-refractivity contribution >= 4 is 5.97 Å². The first-order chi connectivity index (χ1) is 11.4. The van der Waals surface area contributed by atoms with Crippen LogP contribution in [0.2, 0.25) is 0 Å². The van der Waals surface area contributed by atoms with Gasteiger partial charge in [0.15, 0.2) is 5.69 Å². The zero-order chi connectivity index (χ0) is 17.3. The molecular formula is C19H25N3O2. The van der Waals surface area contributed by atoms with Crippen LogP contribution >= 0.6 is 0 Å². The Kier molecular flexibility index (Phi) is 4.45. The summed E-state index contributed by atoms with van der Waals surface area (Å²) in [5.41, 5.74) is 2.55. The molecule has 2 aromatic rings. The first-order valence-corrected chi connectivity index (χ1v) is 8.40. The van der Waals surface area contributed by atoms with Gasteiger partial charge in [0, 0.05) is 37.8 Å². The smallest absolute Gasteiger partial charge is 0.356 e. The molecule has 24 heavy (non-hydrogen) atoms. The van der Waals surface area contributed by atoms with Crippen LogP contribution in [0, 0.1) is 5.41 Å². The number of nitrogens with zero attached hydrogens (tertiary/aromatic N) is 3. The number of carboxylic acid groups (broad SMARTS) is 1. The van der Waals surface area contributed by atoms with Gasteiger partial charge in [0.1, 0.15) is 0 Å². The maximum absolute atomic E-state index is 11.4. The van der Waals surface area contributed by atoms with Crippen LogP contribution in [-0.4, -0.2) is 38.8 Å². The van der Waals surface area contributed by atoms with E-state index in [4.69, 9.17) is 0 Å². The molecule has 0 radical (unpaired) electrons. The van der Waals surface area contributed by atoms with Crippen molar-refractivity contribution in [1.29, 1.82) is 0 Å². The number of hydrogen-bond donors (Lipinski definition) is 1. The van der Waals surface area contributed by atoms with Gasteiger partial charge < -0.3 is 5.11 Å². The summed E-state index contributed by atoms with van der Waals surface area (Å²) in [4.78, 5) is 13.7. The molecule has 1 aromatic carbocycles. The summed E-state index contributed by atoms with van der Waals surface area (Å²) in [5.74, 6) is -0.514. The van der Waals surface area contributed by atoms with Gasteiger partial charge in [-0.2, -0.15) is 5.10 Å². The molecule has 2 heterocycles. The molecule has 128 valence electrons. The molecule has 0 bridgehead atoms. The van der Waals surface area contributed by atoms with Crippen LogP contribution in [0.1, 0.15) is 47.8 Å². The van der Waals surface area contributed by atoms with Crippen LogP contribution in [-0.2, 0) is 13.6 Å². The average Bonchev–Trinajstić information content (AvgIpc) is 2.91. The summed E-state index contributed by atoms with van der Waals surface area (Å²) in [6.07, 6.45) is 2.91. The van der Waals surface area contributed by atoms with Crippen LogP contribution in [0.15, 0.2) is 36.5 Å². The molecule has 1 aromatic heterocycles. The number of piperidine rings is 1. The average molecular weight is 327 g/mol. The monoisotopic (exact) mass is 327 g/mol. The minimum Gasteiger partial charge on any atom is -0.476 e. The summed E-state index contributed by atoms with van der Waals surface area (Å²) in [5, 5.41) is 13.4. The first kappa shape index (κ1) is 16.7. The standard InChI is InChI=1S/C19H25N3O2/c1-19(2)9-10-22(13-16(19)14-7-5-4-6-8-14)12-15-11-21(3)20-17(15)18(23)24/h4-8,11,16H,9-10,12-13H2,1-3H3,(H,23,24). The minimum atomic E-state index is -0.956. The lowest BCUT2D eigenvalue weighted by atomic mass is 9.70. The van der Waals surface area contributed by atoms with Gasteiger partial charge in [0.05, 0.1) is 0 Å². The summed E-state index contributed by atoms with van der Waals surface area (Å²) in [6.45, 7) is 7.20. The number of aromatic carboxylic acids is 1. The second-order valence-electron chi connectivity index (χ2n) is 7.42. The summed E-state index contributed by atoms with van der Waals surface area (Å²) < 4.78 is 1.58. The molecule has 5 heteroatoms. The van der Waals surface area contributed by atoms with Gasteiger partial charge in [0.2, 0.25) is 0 Å². The van der Waals surface area contributed by atoms with Gasteiger partial charge >= 0.3 is 5.97 Å². The molecule has 3 rings (SSSR count). The number of benzene rings is 1. The highest BCUT2D eigenvalue weighted by Crippen LogP contribution is 2.42. The number of aromatic nitrogens is 2. The number of hydrogen-bond acceptors (Lipinski definition) is 3. The van der Waals surface area contributed by atoms with Crippen molar-refractivity contribution < 1.29 is 9.90 Å². The predicted octanol–water partition coefficient (Wildman–Crippen LogP) is 3.13. The molecule has 1 atom stereocenters. The van der Waals surface area contributed by atoms with E-state index in [1.165, 1.54) is 5.56 Å². The molecule has 0 amide bonds. The molecule has 5 nitrogen and oxygen atoms in total. The van der Waals surface area contributed by atoms with Gasteiger partial charge in [-0.1, -0.05) is 44.2 Å². The van der Waals surface area contributed by atoms with Crippen LogP contribution in [0.4, 0.5) is 0 Å². The Hall–Kier alpha value is -2.14. The third-order valence-electron chi connectivity index (χ3n) is 5.16. The van der Waals surface area contributed by atoms with E-state index >= 15 is 0 Å². The lowest BCUT2D eigenvalue weighted by molar-refractivity contribution is 0.0682. The van der Waals surface area contributed by atoms with Gasteiger partial charge in [-0.3, -0.25) is 9.58 Å². The fourth-order valence-electron chi connectivity index (χ4n) is 3.68. The number of likely N-dealkylation sites (tertiary alicyclic amines) is 1. The Morgan fingerprint density at radius 1 is 1.33 bits per heavy atom. The Balaban J connectivity index is 1.80. The molecule has 1 unspecified atom stereocenters. The van der Waals surface area contributed by atoms with Crippen LogP contribution in [0.25, 0.3) is 0 Å². The topological polar surface area (TPSA) is 58.4 Å². The quantitative estimate of drug-likeness (QED) is 0.937. The second-order valence-corrected chi connectivity index (χ2v) is 7.42. The summed E-state index contributed by atoms with van der Waals surface area (Å²) in [7, 11) is 1.77. The molecule has 0 spiro atoms. The van der Waals surface area contributed by atoms with Crippen molar-refractivity contribution in [3.8, 4) is 0 Å². The van der Waals surface area contributed by atoms with E-state index in [9.17, 15) is 9.90 Å². The number of rotatable bonds is 4. The van der Waals surface area contributed by atoms with Gasteiger partial charge in [0.25, 0.3) is 0 Å². The van der Waals surface area contributed by atoms with E-state index in [-0.39, 0.29) is 11.1 Å². The molecule has 0 saturated carbocycles. The number of carboxylic acids is 1. The molecule has 1 N–H and O–H groups in total. The third kappa shape index (κ3) is 3.36. The predicted molar refractivity (Wildman–Crippen MR) is 93.0 cm³/mol. The van der Waals surface area contributed by atoms with Gasteiger partial charge in [-0.15, -0.1) is 0 Å². The SMILES string of the molecule is Cn1cc(CN2CCC(C)(C)C(c3ccccc3)C2)c(C(=O)O)n1. The highest BCUT2D eigenvalue weighted by Gasteiger charge is 2.36. The Morgan fingerprint density at radius 2 is 2.04 bits per heavy atom. The lowest BCUT2D eigenvalue weighted by Crippen LogP contribution is -2.43. The molecule has 1 saturated heterocycles. The maximum atomic E-state index is 11.4. The fraction of sp³-hybridized carbons (Fsp3) is 0.474. The molecular weight excluding hydrogens is 302 g/mol. The largest absolute Gasteiger partial charge is 0.476 e. The minimum absolute atomic E-state index is 0.165. The van der Waals surface area contributed by atoms with E-state index in [1.54, 1.807) is 11.7 Å². The van der Waals surface area contributed by atoms with Crippen molar-refractivity contribution in [2.75, 3.05) is 13.1 Å². The van der Waals surface area contributed by atoms with Crippen molar-refractivity contribution in [3.63, 3.8) is 0 Å². The Labute approximate surface area is 142 Å². The summed E-state index contributed by atoms with van der Waals surface area (Å²) in [6, 6.07) is 10.6. The van der Waals surface area contributed by atoms with E-state index in [1.807, 2.05) is 12.3 Å². The van der Waals surface area contributed by atoms with E-state index in [0.717, 1.165) is 25.1 Å². The van der Waals surface area contributed by atoms with E-state index < -0.39 is 5.97 Å². The highest BCUT2D eigenvalue weighted by atomic mass is 16.4. The Morgan fingerprint density at radius 3 is 2.71 bits per heavy atom. The Bertz CT molecular complexity index is 721. The highest BCUT2D eigenvalue weighted by molar-refractivity contribution is 5.86. The second kappa shape index (κ2) is 6.40. The van der Waals surface area contributed by atoms with Crippen molar-refractivity contribution in [1.82, 2.24) is 14.7 Å². The van der Waals surface area contributed by atoms with E-state index in [2.05, 4.69) is 48.1 Å². The molecule has 1 fully saturated rings. The van der Waals surface area contributed by atoms with Crippen molar-refractivity contribution in [3.05, 3.63) is 53.3 Å². The lowest BCUT2D eigenvalue weighted by Gasteiger charge is -2.44. The maximum Gasteiger partial charge on any atom is 0.356 e.